The number of hydrogen-bond acceptors (Lipinski definition) is 8. The van der Waals surface area contributed by atoms with Gasteiger partial charge in [0.15, 0.2) is 0 Å². The van der Waals surface area contributed by atoms with E-state index in [0.717, 1.165) is 16.8 Å². The fraction of sp³-hybridized carbons (Fsp3) is 0.371. The van der Waals surface area contributed by atoms with Crippen LogP contribution in [0.1, 0.15) is 35.0 Å². The number of imidazole rings is 1. The molecule has 14 nitrogen and oxygen atoms in total. The summed E-state index contributed by atoms with van der Waals surface area (Å²) in [6.45, 7) is 1.23. The van der Waals surface area contributed by atoms with Gasteiger partial charge in [0.05, 0.1) is 31.7 Å². The number of fused-ring (bicyclic) bond motifs is 3. The number of cyclic esters (lactones) is 1. The predicted molar refractivity (Wildman–Crippen MR) is 177 cm³/mol. The maximum Gasteiger partial charge on any atom is 0.410 e. The molecule has 49 heavy (non-hydrogen) atoms. The highest BCUT2D eigenvalue weighted by Crippen LogP contribution is 2.36. The van der Waals surface area contributed by atoms with E-state index in [2.05, 4.69) is 10.6 Å². The standard InChI is InChI=1S/C35H39N7O7/c43-29-21-39(32(46)23-40-17-19-49-35(40)47)16-14-37-30(44)22-41-24-38-33-28(41)12-15-42(31(45)11-10-25-6-2-1-3-7-25)34(33)26-8-4-9-27(20-26)48-18-5-13-36-29/h1-4,6-11,20,24,34H,5,12-19,21-23H2,(H,36,43)(H,37,44). The fourth-order valence-electron chi connectivity index (χ4n) is 6.12. The van der Waals surface area contributed by atoms with Crippen LogP contribution in [-0.2, 0) is 36.9 Å². The molecule has 0 spiro atoms. The van der Waals surface area contributed by atoms with E-state index >= 15 is 0 Å². The minimum absolute atomic E-state index is 0.0197. The Balaban J connectivity index is 1.23. The summed E-state index contributed by atoms with van der Waals surface area (Å²) in [5.74, 6) is -0.656. The van der Waals surface area contributed by atoms with Crippen molar-refractivity contribution in [2.45, 2.75) is 25.4 Å². The lowest BCUT2D eigenvalue weighted by molar-refractivity contribution is -0.136. The molecule has 3 aromatic rings. The van der Waals surface area contributed by atoms with E-state index in [-0.39, 0.29) is 63.6 Å². The van der Waals surface area contributed by atoms with E-state index in [1.807, 2.05) is 54.6 Å². The molecule has 3 aliphatic heterocycles. The second-order valence-electron chi connectivity index (χ2n) is 12.0. The maximum absolute atomic E-state index is 13.7. The van der Waals surface area contributed by atoms with Crippen molar-refractivity contribution < 1.29 is 33.4 Å². The van der Waals surface area contributed by atoms with Gasteiger partial charge in [-0.3, -0.25) is 24.1 Å². The van der Waals surface area contributed by atoms with Gasteiger partial charge in [0.1, 0.15) is 31.5 Å². The first kappa shape index (κ1) is 33.2. The van der Waals surface area contributed by atoms with Crippen LogP contribution < -0.4 is 15.4 Å². The third-order valence-electron chi connectivity index (χ3n) is 8.60. The molecule has 5 amide bonds. The Morgan fingerprint density at radius 3 is 2.53 bits per heavy atom. The molecule has 256 valence electrons. The van der Waals surface area contributed by atoms with E-state index < -0.39 is 18.0 Å². The summed E-state index contributed by atoms with van der Waals surface area (Å²) in [4.78, 5) is 73.7. The van der Waals surface area contributed by atoms with Crippen molar-refractivity contribution in [1.82, 2.24) is 34.9 Å². The van der Waals surface area contributed by atoms with Gasteiger partial charge in [-0.15, -0.1) is 0 Å². The number of ether oxygens (including phenoxy) is 2. The van der Waals surface area contributed by atoms with Crippen LogP contribution in [0.15, 0.2) is 67.0 Å². The van der Waals surface area contributed by atoms with Crippen LogP contribution in [-0.4, -0.2) is 113 Å². The van der Waals surface area contributed by atoms with Gasteiger partial charge < -0.3 is 34.5 Å². The molecular formula is C35H39N7O7. The molecule has 3 aliphatic rings. The Morgan fingerprint density at radius 2 is 1.71 bits per heavy atom. The van der Waals surface area contributed by atoms with E-state index in [1.165, 1.54) is 9.80 Å². The quantitative estimate of drug-likeness (QED) is 0.395. The number of nitrogens with zero attached hydrogens (tertiary/aromatic N) is 5. The lowest BCUT2D eigenvalue weighted by Gasteiger charge is -2.35. The van der Waals surface area contributed by atoms with E-state index in [9.17, 15) is 24.0 Å². The first-order valence-electron chi connectivity index (χ1n) is 16.4. The van der Waals surface area contributed by atoms with Crippen molar-refractivity contribution in [1.29, 1.82) is 0 Å². The highest BCUT2D eigenvalue weighted by Gasteiger charge is 2.35. The largest absolute Gasteiger partial charge is 0.494 e. The smallest absolute Gasteiger partial charge is 0.410 e. The van der Waals surface area contributed by atoms with Crippen molar-refractivity contribution in [3.63, 3.8) is 0 Å². The Bertz CT molecular complexity index is 1720. The van der Waals surface area contributed by atoms with Gasteiger partial charge in [0.25, 0.3) is 0 Å². The van der Waals surface area contributed by atoms with Crippen LogP contribution in [0, 0.1) is 0 Å². The average molecular weight is 670 g/mol. The summed E-state index contributed by atoms with van der Waals surface area (Å²) in [7, 11) is 0. The van der Waals surface area contributed by atoms with Gasteiger partial charge in [-0.2, -0.15) is 0 Å². The molecule has 6 rings (SSSR count). The van der Waals surface area contributed by atoms with Gasteiger partial charge >= 0.3 is 6.09 Å². The van der Waals surface area contributed by atoms with E-state index in [4.69, 9.17) is 14.5 Å². The Hall–Kier alpha value is -5.66. The number of carbonyl (C=O) groups is 5. The summed E-state index contributed by atoms with van der Waals surface area (Å²) >= 11 is 0. The second-order valence-corrected chi connectivity index (χ2v) is 12.0. The third-order valence-corrected chi connectivity index (χ3v) is 8.60. The Kier molecular flexibility index (Phi) is 10.5. The van der Waals surface area contributed by atoms with Crippen molar-refractivity contribution in [2.75, 3.05) is 59.0 Å². The van der Waals surface area contributed by atoms with Crippen LogP contribution in [0.4, 0.5) is 4.79 Å². The SMILES string of the molecule is O=C1CN(C(=O)CN2CCOC2=O)CCNC(=O)Cn2cnc3c2CCN(C(=O)C=Cc2ccccc2)C3c2cccc(c2)OCCCN1. The molecule has 1 aromatic heterocycles. The third kappa shape index (κ3) is 8.26. The van der Waals surface area contributed by atoms with Crippen LogP contribution >= 0.6 is 0 Å². The molecule has 0 aliphatic carbocycles. The summed E-state index contributed by atoms with van der Waals surface area (Å²) in [5, 5.41) is 5.66. The second kappa shape index (κ2) is 15.5. The van der Waals surface area contributed by atoms with Crippen LogP contribution in [0.3, 0.4) is 0 Å². The first-order chi connectivity index (χ1) is 23.9. The Morgan fingerprint density at radius 1 is 0.898 bits per heavy atom. The number of nitrogens with one attached hydrogen (secondary N) is 2. The highest BCUT2D eigenvalue weighted by atomic mass is 16.6. The number of rotatable bonds is 4. The van der Waals surface area contributed by atoms with Crippen LogP contribution in [0.25, 0.3) is 6.08 Å². The van der Waals surface area contributed by atoms with Crippen LogP contribution in [0.5, 0.6) is 5.75 Å². The fourth-order valence-corrected chi connectivity index (χ4v) is 6.12. The number of amides is 5. The molecule has 1 fully saturated rings. The monoisotopic (exact) mass is 669 g/mol. The zero-order chi connectivity index (χ0) is 34.2. The first-order valence-corrected chi connectivity index (χ1v) is 16.4. The minimum atomic E-state index is -0.577. The predicted octanol–water partition coefficient (Wildman–Crippen LogP) is 1.37. The summed E-state index contributed by atoms with van der Waals surface area (Å²) in [5.41, 5.74) is 3.27. The normalized spacial score (nSPS) is 19.1. The maximum atomic E-state index is 13.7. The molecule has 0 radical (unpaired) electrons. The van der Waals surface area contributed by atoms with Gasteiger partial charge in [0.2, 0.25) is 23.6 Å². The van der Waals surface area contributed by atoms with Crippen molar-refractivity contribution in [3.8, 4) is 5.75 Å². The van der Waals surface area contributed by atoms with Gasteiger partial charge in [-0.05, 0) is 35.8 Å². The zero-order valence-electron chi connectivity index (χ0n) is 27.1. The van der Waals surface area contributed by atoms with Crippen molar-refractivity contribution in [2.24, 2.45) is 0 Å². The van der Waals surface area contributed by atoms with E-state index in [1.54, 1.807) is 27.9 Å². The number of hydrogen-bond donors (Lipinski definition) is 2. The molecule has 1 atom stereocenters. The zero-order valence-corrected chi connectivity index (χ0v) is 27.1. The molecule has 4 heterocycles. The summed E-state index contributed by atoms with van der Waals surface area (Å²) in [6.07, 6.45) is 5.40. The topological polar surface area (TPSA) is 155 Å². The minimum Gasteiger partial charge on any atom is -0.494 e. The van der Waals surface area contributed by atoms with E-state index in [0.29, 0.717) is 44.0 Å². The van der Waals surface area contributed by atoms with Crippen molar-refractivity contribution >= 4 is 35.8 Å². The van der Waals surface area contributed by atoms with Gasteiger partial charge in [-0.25, -0.2) is 9.78 Å². The number of carbonyl (C=O) groups excluding carboxylic acids is 5. The number of benzene rings is 2. The molecule has 1 unspecified atom stereocenters. The molecule has 2 aromatic carbocycles. The van der Waals surface area contributed by atoms with Crippen LogP contribution in [0.2, 0.25) is 0 Å². The highest BCUT2D eigenvalue weighted by molar-refractivity contribution is 5.92. The summed E-state index contributed by atoms with van der Waals surface area (Å²) in [6, 6.07) is 16.6. The van der Waals surface area contributed by atoms with Crippen molar-refractivity contribution in [3.05, 3.63) is 89.5 Å². The van der Waals surface area contributed by atoms with Gasteiger partial charge in [-0.1, -0.05) is 42.5 Å². The summed E-state index contributed by atoms with van der Waals surface area (Å²) < 4.78 is 12.7. The lowest BCUT2D eigenvalue weighted by Crippen LogP contribution is -2.48. The molecule has 6 bridgehead atoms. The lowest BCUT2D eigenvalue weighted by atomic mass is 9.95. The molecule has 2 N–H and O–H groups in total. The molecule has 0 saturated carbocycles. The molecule has 1 saturated heterocycles. The molecule has 14 heteroatoms. The number of aromatic nitrogens is 2. The average Bonchev–Trinajstić information content (AvgIpc) is 3.71. The van der Waals surface area contributed by atoms with Gasteiger partial charge in [0, 0.05) is 44.4 Å². The Labute approximate surface area is 283 Å². The molecular weight excluding hydrogens is 630 g/mol.